The normalized spacial score (nSPS) is 12.4. The minimum atomic E-state index is 1.17. The highest BCUT2D eigenvalue weighted by atomic mass is 32.1. The number of rotatable bonds is 3. The minimum Gasteiger partial charge on any atom is -0.315 e. The number of aromatic nitrogens is 2. The van der Waals surface area contributed by atoms with E-state index in [1.807, 2.05) is 17.4 Å². The SMILES string of the molecule is C=C/C=C\c1c(C)sc2ccc3c4cc5c(cc4n4cc6ccccc6c4c3c12)c1ccccc1n5-c1ccccc1. The van der Waals surface area contributed by atoms with Gasteiger partial charge in [0, 0.05) is 59.2 Å². The zero-order chi connectivity index (χ0) is 27.9. The maximum absolute atomic E-state index is 3.95. The summed E-state index contributed by atoms with van der Waals surface area (Å²) in [6.07, 6.45) is 8.48. The Morgan fingerprint density at radius 3 is 2.26 bits per heavy atom. The first-order valence-electron chi connectivity index (χ1n) is 14.3. The molecule has 4 aromatic heterocycles. The molecule has 5 aromatic carbocycles. The molecule has 4 heterocycles. The lowest BCUT2D eigenvalue weighted by molar-refractivity contribution is 1.18. The lowest BCUT2D eigenvalue weighted by Gasteiger charge is -2.13. The molecule has 0 fully saturated rings. The van der Waals surface area contributed by atoms with Crippen LogP contribution in [0.15, 0.2) is 128 Å². The van der Waals surface area contributed by atoms with Crippen LogP contribution in [0.1, 0.15) is 10.4 Å². The summed E-state index contributed by atoms with van der Waals surface area (Å²) in [5.74, 6) is 0. The average molecular weight is 555 g/mol. The lowest BCUT2D eigenvalue weighted by Crippen LogP contribution is -1.95. The van der Waals surface area contributed by atoms with Gasteiger partial charge in [0.1, 0.15) is 0 Å². The summed E-state index contributed by atoms with van der Waals surface area (Å²) in [5.41, 5.74) is 7.41. The first-order valence-corrected chi connectivity index (χ1v) is 15.1. The molecule has 0 radical (unpaired) electrons. The number of hydrogen-bond acceptors (Lipinski definition) is 1. The van der Waals surface area contributed by atoms with Gasteiger partial charge in [-0.05, 0) is 54.3 Å². The first kappa shape index (κ1) is 23.6. The van der Waals surface area contributed by atoms with Gasteiger partial charge in [-0.2, -0.15) is 0 Å². The quantitative estimate of drug-likeness (QED) is 0.152. The molecule has 3 heteroatoms. The van der Waals surface area contributed by atoms with E-state index in [1.165, 1.54) is 86.0 Å². The Hall–Kier alpha value is -5.12. The van der Waals surface area contributed by atoms with E-state index in [2.05, 4.69) is 144 Å². The van der Waals surface area contributed by atoms with Crippen LogP contribution in [-0.4, -0.2) is 8.97 Å². The van der Waals surface area contributed by atoms with E-state index < -0.39 is 0 Å². The molecule has 198 valence electrons. The number of hydrogen-bond donors (Lipinski definition) is 0. The number of aryl methyl sites for hydroxylation is 1. The van der Waals surface area contributed by atoms with Crippen molar-refractivity contribution in [2.45, 2.75) is 6.92 Å². The van der Waals surface area contributed by atoms with E-state index in [-0.39, 0.29) is 0 Å². The Morgan fingerprint density at radius 1 is 0.667 bits per heavy atom. The van der Waals surface area contributed by atoms with Gasteiger partial charge in [0.2, 0.25) is 0 Å². The molecule has 0 saturated carbocycles. The van der Waals surface area contributed by atoms with Gasteiger partial charge in [0.15, 0.2) is 0 Å². The van der Waals surface area contributed by atoms with Crippen LogP contribution in [0.3, 0.4) is 0 Å². The first-order chi connectivity index (χ1) is 20.7. The molecule has 0 saturated heterocycles. The van der Waals surface area contributed by atoms with Gasteiger partial charge in [-0.25, -0.2) is 0 Å². The third-order valence-electron chi connectivity index (χ3n) is 8.79. The van der Waals surface area contributed by atoms with Gasteiger partial charge >= 0.3 is 0 Å². The number of nitrogens with zero attached hydrogens (tertiary/aromatic N) is 2. The van der Waals surface area contributed by atoms with Crippen molar-refractivity contribution in [3.05, 3.63) is 138 Å². The van der Waals surface area contributed by atoms with Gasteiger partial charge in [-0.1, -0.05) is 91.5 Å². The second-order valence-electron chi connectivity index (χ2n) is 11.0. The van der Waals surface area contributed by atoms with Crippen LogP contribution in [0, 0.1) is 6.92 Å². The molecule has 0 aliphatic carbocycles. The standard InChI is InChI=1S/C39H26N2S/c1-3-4-15-27-24(2)42-36-20-19-30-32-22-35-31(29-17-10-11-18-33(29)41(35)26-13-6-5-7-14-26)21-34(32)40-23-25-12-8-9-16-28(25)39(40)38(30)37(27)36/h3-23H,1H2,2H3/b15-4-. The fourth-order valence-electron chi connectivity index (χ4n) is 7.05. The maximum Gasteiger partial charge on any atom is 0.0620 e. The van der Waals surface area contributed by atoms with E-state index >= 15 is 0 Å². The van der Waals surface area contributed by atoms with E-state index in [0.29, 0.717) is 0 Å². The summed E-state index contributed by atoms with van der Waals surface area (Å²) in [6.45, 7) is 6.18. The number of para-hydroxylation sites is 2. The number of fused-ring (bicyclic) bond motifs is 13. The Balaban J connectivity index is 1.58. The molecule has 42 heavy (non-hydrogen) atoms. The summed E-state index contributed by atoms with van der Waals surface area (Å²) >= 11 is 1.87. The Bertz CT molecular complexity index is 2590. The van der Waals surface area contributed by atoms with E-state index in [1.54, 1.807) is 0 Å². The highest BCUT2D eigenvalue weighted by molar-refractivity contribution is 7.19. The third kappa shape index (κ3) is 3.09. The van der Waals surface area contributed by atoms with Crippen LogP contribution in [0.5, 0.6) is 0 Å². The van der Waals surface area contributed by atoms with E-state index in [9.17, 15) is 0 Å². The average Bonchev–Trinajstić information content (AvgIpc) is 3.68. The molecule has 0 atom stereocenters. The van der Waals surface area contributed by atoms with Crippen molar-refractivity contribution >= 4 is 87.3 Å². The highest BCUT2D eigenvalue weighted by Gasteiger charge is 2.21. The number of pyridine rings is 1. The lowest BCUT2D eigenvalue weighted by atomic mass is 9.97. The molecular weight excluding hydrogens is 529 g/mol. The van der Waals surface area contributed by atoms with Crippen LogP contribution in [-0.2, 0) is 0 Å². The van der Waals surface area contributed by atoms with E-state index in [0.717, 1.165) is 0 Å². The fraction of sp³-hybridized carbons (Fsp3) is 0.0256. The zero-order valence-electron chi connectivity index (χ0n) is 23.1. The van der Waals surface area contributed by atoms with Gasteiger partial charge < -0.3 is 8.97 Å². The molecule has 0 unspecified atom stereocenters. The second kappa shape index (κ2) is 8.69. The molecule has 0 spiro atoms. The molecule has 9 aromatic rings. The van der Waals surface area contributed by atoms with Crippen molar-refractivity contribution in [1.29, 1.82) is 0 Å². The number of thiophene rings is 1. The Labute approximate surface area is 246 Å². The summed E-state index contributed by atoms with van der Waals surface area (Å²) < 4.78 is 6.18. The van der Waals surface area contributed by atoms with E-state index in [4.69, 9.17) is 0 Å². The van der Waals surface area contributed by atoms with Gasteiger partial charge in [-0.3, -0.25) is 0 Å². The molecular formula is C39H26N2S. The number of allylic oxidation sites excluding steroid dienone is 2. The summed E-state index contributed by atoms with van der Waals surface area (Å²) in [4.78, 5) is 1.32. The van der Waals surface area contributed by atoms with Crippen LogP contribution >= 0.6 is 11.3 Å². The van der Waals surface area contributed by atoms with Crippen LogP contribution in [0.4, 0.5) is 0 Å². The van der Waals surface area contributed by atoms with Crippen molar-refractivity contribution in [3.63, 3.8) is 0 Å². The topological polar surface area (TPSA) is 9.34 Å². The van der Waals surface area contributed by atoms with Gasteiger partial charge in [0.25, 0.3) is 0 Å². The van der Waals surface area contributed by atoms with Gasteiger partial charge in [-0.15, -0.1) is 11.3 Å². The molecule has 9 rings (SSSR count). The smallest absolute Gasteiger partial charge is 0.0620 e. The van der Waals surface area contributed by atoms with Crippen molar-refractivity contribution in [3.8, 4) is 5.69 Å². The largest absolute Gasteiger partial charge is 0.315 e. The Morgan fingerprint density at radius 2 is 1.40 bits per heavy atom. The van der Waals surface area contributed by atoms with Crippen molar-refractivity contribution in [2.24, 2.45) is 0 Å². The van der Waals surface area contributed by atoms with Gasteiger partial charge in [0.05, 0.1) is 22.1 Å². The molecule has 0 bridgehead atoms. The maximum atomic E-state index is 3.95. The predicted octanol–water partition coefficient (Wildman–Crippen LogP) is 11.2. The molecule has 0 amide bonds. The molecule has 0 aliphatic rings. The van der Waals surface area contributed by atoms with Crippen molar-refractivity contribution < 1.29 is 0 Å². The monoisotopic (exact) mass is 554 g/mol. The van der Waals surface area contributed by atoms with Crippen LogP contribution in [0.25, 0.3) is 81.6 Å². The van der Waals surface area contributed by atoms with Crippen LogP contribution in [0.2, 0.25) is 0 Å². The van der Waals surface area contributed by atoms with Crippen molar-refractivity contribution in [2.75, 3.05) is 0 Å². The predicted molar refractivity (Wildman–Crippen MR) is 184 cm³/mol. The number of benzene rings is 5. The molecule has 0 aliphatic heterocycles. The summed E-state index contributed by atoms with van der Waals surface area (Å²) in [5, 5.41) is 10.3. The van der Waals surface area contributed by atoms with Crippen LogP contribution < -0.4 is 0 Å². The highest BCUT2D eigenvalue weighted by Crippen LogP contribution is 2.45. The third-order valence-corrected chi connectivity index (χ3v) is 9.88. The second-order valence-corrected chi connectivity index (χ2v) is 12.3. The molecule has 2 nitrogen and oxygen atoms in total. The Kier molecular flexibility index (Phi) is 4.88. The zero-order valence-corrected chi connectivity index (χ0v) is 24.0. The summed E-state index contributed by atoms with van der Waals surface area (Å²) in [7, 11) is 0. The molecule has 0 N–H and O–H groups in total. The fourth-order valence-corrected chi connectivity index (χ4v) is 8.11. The summed E-state index contributed by atoms with van der Waals surface area (Å²) in [6, 6.07) is 37.8. The minimum absolute atomic E-state index is 1.17. The van der Waals surface area contributed by atoms with Crippen molar-refractivity contribution in [1.82, 2.24) is 8.97 Å².